The summed E-state index contributed by atoms with van der Waals surface area (Å²) in [6.07, 6.45) is 2.64. The van der Waals surface area contributed by atoms with Crippen molar-refractivity contribution in [3.8, 4) is 0 Å². The van der Waals surface area contributed by atoms with E-state index in [1.54, 1.807) is 118 Å². The molecule has 3 saturated heterocycles. The maximum Gasteiger partial charge on any atom is 1.00 e. The van der Waals surface area contributed by atoms with E-state index in [2.05, 4.69) is 17.4 Å². The Morgan fingerprint density at radius 2 is 0.891 bits per heavy atom. The van der Waals surface area contributed by atoms with Gasteiger partial charge in [0, 0.05) is 50.0 Å². The monoisotopic (exact) mass is 1590 g/mol. The Kier molecular flexibility index (Phi) is 38.6. The van der Waals surface area contributed by atoms with Gasteiger partial charge in [-0.05, 0) is 208 Å². The molecule has 3 aliphatic heterocycles. The molecule has 564 valence electrons. The van der Waals surface area contributed by atoms with Gasteiger partial charge in [-0.15, -0.1) is 0 Å². The molecule has 7 rings (SSSR count). The smallest absolute Gasteiger partial charge is 0.870 e. The summed E-state index contributed by atoms with van der Waals surface area (Å²) >= 11 is 10.2. The SMILES string of the molecule is CC(=O)[C@@H]1N(S(=O)(=O)c2ccc(C)cc2)CCCSC1(C)C.CC(=O)[C@H](NS(=O)(=O)c1ccc(C)cc1)C(C)(C)SCCCO.CC(C)(S)[C@@H](N)C(=O)O.Cc1ccc(S(=O)(=O)N2CCCSC(C)(C)[C@@H]2C(=O)NO)cc1.Cc1ccc(S(=O)(=O)N2CCCSC(C)(C)[C@@H]2C(=O)O)cc1.[Na+].[OH-]. The van der Waals surface area contributed by atoms with Crippen molar-refractivity contribution in [2.45, 2.75) is 210 Å². The first-order valence-corrected chi connectivity index (χ1v) is 42.1. The second kappa shape index (κ2) is 40.7. The van der Waals surface area contributed by atoms with E-state index in [0.717, 1.165) is 50.2 Å². The van der Waals surface area contributed by atoms with Crippen LogP contribution in [0.3, 0.4) is 0 Å². The molecule has 0 spiro atoms. The zero-order valence-electron chi connectivity index (χ0n) is 60.8. The van der Waals surface area contributed by atoms with Crippen molar-refractivity contribution in [1.29, 1.82) is 0 Å². The van der Waals surface area contributed by atoms with E-state index in [-0.39, 0.29) is 85.9 Å². The molecule has 101 heavy (non-hydrogen) atoms. The third kappa shape index (κ3) is 27.6. The first kappa shape index (κ1) is 95.9. The number of carbonyl (C=O) groups excluding carboxylic acids is 3. The van der Waals surface area contributed by atoms with Gasteiger partial charge < -0.3 is 26.5 Å². The number of carboxylic acid groups (broad SMARTS) is 2. The van der Waals surface area contributed by atoms with Crippen LogP contribution in [0.25, 0.3) is 0 Å². The van der Waals surface area contributed by atoms with Crippen molar-refractivity contribution >= 4 is 129 Å². The topological polar surface area (TPSA) is 393 Å². The zero-order valence-corrected chi connectivity index (χ0v) is 70.2. The number of sulfonamides is 4. The fraction of sp³-hybridized carbons (Fsp3) is 0.567. The number of nitrogens with two attached hydrogens (primary N) is 1. The molecule has 24 nitrogen and oxygen atoms in total. The van der Waals surface area contributed by atoms with E-state index in [1.165, 1.54) is 82.0 Å². The summed E-state index contributed by atoms with van der Waals surface area (Å²) < 4.78 is 106. The summed E-state index contributed by atoms with van der Waals surface area (Å²) in [5, 5.41) is 35.9. The molecule has 0 radical (unpaired) electrons. The second-order valence-corrected chi connectivity index (χ2v) is 42.3. The van der Waals surface area contributed by atoms with Crippen LogP contribution >= 0.6 is 59.7 Å². The quantitative estimate of drug-likeness (QED) is 0.0164. The third-order valence-corrected chi connectivity index (χ3v) is 29.4. The van der Waals surface area contributed by atoms with Gasteiger partial charge in [-0.2, -0.15) is 77.3 Å². The van der Waals surface area contributed by atoms with Crippen LogP contribution in [-0.4, -0.2) is 205 Å². The van der Waals surface area contributed by atoms with Crippen LogP contribution in [0, 0.1) is 27.7 Å². The number of carbonyl (C=O) groups is 5. The molecular weight excluding hydrogens is 1490 g/mol. The van der Waals surface area contributed by atoms with Crippen LogP contribution in [0.5, 0.6) is 0 Å². The number of hydrogen-bond acceptors (Lipinski definition) is 22. The van der Waals surface area contributed by atoms with Crippen molar-refractivity contribution in [2.75, 3.05) is 49.3 Å². The van der Waals surface area contributed by atoms with Crippen LogP contribution in [0.1, 0.15) is 131 Å². The molecule has 0 unspecified atom stereocenters. The van der Waals surface area contributed by atoms with E-state index in [1.807, 2.05) is 69.2 Å². The first-order valence-electron chi connectivity index (χ1n) is 31.9. The van der Waals surface area contributed by atoms with Crippen molar-refractivity contribution in [2.24, 2.45) is 5.73 Å². The molecule has 3 heterocycles. The fourth-order valence-corrected chi connectivity index (χ4v) is 22.6. The van der Waals surface area contributed by atoms with Gasteiger partial charge in [0.25, 0.3) is 5.91 Å². The van der Waals surface area contributed by atoms with Crippen LogP contribution in [0.2, 0.25) is 0 Å². The molecule has 1 amide bonds. The van der Waals surface area contributed by atoms with Crippen LogP contribution in [-0.2, 0) is 64.1 Å². The number of benzene rings is 4. The number of aliphatic hydroxyl groups excluding tert-OH is 1. The Morgan fingerprint density at radius 1 is 0.584 bits per heavy atom. The molecule has 34 heteroatoms. The minimum absolute atomic E-state index is 0. The molecule has 0 saturated carbocycles. The minimum atomic E-state index is -3.83. The number of aliphatic carboxylic acids is 2. The summed E-state index contributed by atoms with van der Waals surface area (Å²) in [4.78, 5) is 59.0. The van der Waals surface area contributed by atoms with Crippen molar-refractivity contribution in [3.63, 3.8) is 0 Å². The van der Waals surface area contributed by atoms with E-state index >= 15 is 0 Å². The largest absolute Gasteiger partial charge is 1.00 e. The summed E-state index contributed by atoms with van der Waals surface area (Å²) in [5.74, 6) is -0.155. The number of amides is 1. The van der Waals surface area contributed by atoms with Gasteiger partial charge >= 0.3 is 41.5 Å². The molecule has 3 aliphatic rings. The minimum Gasteiger partial charge on any atom is -0.870 e. The number of carboxylic acids is 2. The second-order valence-electron chi connectivity index (χ2n) is 26.8. The molecule has 0 aromatic heterocycles. The first-order chi connectivity index (χ1) is 45.5. The molecule has 4 aromatic rings. The average Bonchev–Trinajstić information content (AvgIpc) is 1.78. The fourth-order valence-electron chi connectivity index (χ4n) is 10.7. The maximum atomic E-state index is 13.0. The predicted octanol–water partition coefficient (Wildman–Crippen LogP) is 6.05. The summed E-state index contributed by atoms with van der Waals surface area (Å²) in [6, 6.07) is 21.9. The summed E-state index contributed by atoms with van der Waals surface area (Å²) in [6.45, 7) is 29.5. The van der Waals surface area contributed by atoms with Gasteiger partial charge in [0.05, 0.1) is 31.7 Å². The van der Waals surface area contributed by atoms with E-state index in [9.17, 15) is 62.8 Å². The number of rotatable bonds is 20. The van der Waals surface area contributed by atoms with Gasteiger partial charge in [0.2, 0.25) is 40.1 Å². The van der Waals surface area contributed by atoms with Gasteiger partial charge in [-0.1, -0.05) is 70.8 Å². The Hall–Kier alpha value is -3.14. The Balaban J connectivity index is 0.000000642. The number of ketones is 2. The molecule has 3 fully saturated rings. The number of nitrogens with one attached hydrogen (secondary N) is 2. The van der Waals surface area contributed by atoms with Crippen molar-refractivity contribution in [3.05, 3.63) is 119 Å². The molecule has 5 atom stereocenters. The summed E-state index contributed by atoms with van der Waals surface area (Å²) in [7, 11) is -15.1. The Morgan fingerprint density at radius 3 is 1.17 bits per heavy atom. The normalized spacial score (nSPS) is 19.6. The molecule has 0 aliphatic carbocycles. The number of nitrogens with zero attached hydrogens (tertiary/aromatic N) is 3. The number of hydrogen-bond donors (Lipinski definition) is 8. The average molecular weight is 1590 g/mol. The molecule has 0 bridgehead atoms. The third-order valence-electron chi connectivity index (χ3n) is 16.2. The van der Waals surface area contributed by atoms with Gasteiger partial charge in [-0.3, -0.25) is 29.2 Å². The number of aryl methyl sites for hydroxylation is 4. The van der Waals surface area contributed by atoms with Crippen LogP contribution in [0.15, 0.2) is 117 Å². The number of thiol groups is 1. The Labute approximate surface area is 644 Å². The standard InChI is InChI=1S/C16H25NO4S2.C16H23NO3S2.C15H22N2O4S2.C15H21NO4S2.C5H11NO2S.Na.H2O/c1-12-6-8-14(9-7-12)23(20,21)17-15(13(2)19)16(3,4)22-11-5-10-18;1-12-6-8-14(9-7-12)22(19,20)17-10-5-11-21-16(3,4)15(17)13(2)18;1-11-5-7-12(8-6-11)23(20,21)17-9-4-10-22-15(2,3)13(17)14(18)16-19;1-11-5-7-12(8-6-11)22(19,20)16-9-4-10-21-15(2,3)13(16)14(17)18;1-5(2,9)3(6)4(7)8;;/h6-9,15,17-18H,5,10-11H2,1-4H3;6-9,15H,5,10-11H2,1-4H3;5-8,13,19H,4,9-10H2,1-3H3,(H,16,18);5-8,13H,4,9-10H2,1-3H3,(H,17,18);3,9H,6H2,1-2H3,(H,7,8);;1H2/q;;;;;+1;/p-1/t2*15-;2*13-;3-;;/m00000../s1. The molecule has 4 aromatic carbocycles. The van der Waals surface area contributed by atoms with Gasteiger partial charge in [0.1, 0.15) is 29.7 Å². The van der Waals surface area contributed by atoms with E-state index < -0.39 is 112 Å². The molecular formula is C67H103N6NaO18S9. The van der Waals surface area contributed by atoms with Crippen LogP contribution < -0.4 is 45.5 Å². The van der Waals surface area contributed by atoms with Crippen LogP contribution in [0.4, 0.5) is 0 Å². The van der Waals surface area contributed by atoms with E-state index in [4.69, 9.17) is 21.2 Å². The number of aliphatic hydroxyl groups is 1. The van der Waals surface area contributed by atoms with Crippen molar-refractivity contribution in [1.82, 2.24) is 23.1 Å². The number of hydroxylamine groups is 1. The zero-order chi connectivity index (χ0) is 75.7. The van der Waals surface area contributed by atoms with E-state index in [0.29, 0.717) is 31.6 Å². The van der Waals surface area contributed by atoms with Gasteiger partial charge in [0.15, 0.2) is 0 Å². The number of Topliss-reactive ketones (excluding diaryl/α,β-unsaturated/α-hetero) is 2. The van der Waals surface area contributed by atoms with Crippen molar-refractivity contribution < 1.29 is 113 Å². The predicted molar refractivity (Wildman–Crippen MR) is 403 cm³/mol. The van der Waals surface area contributed by atoms with Gasteiger partial charge in [-0.25, -0.2) is 39.2 Å². The summed E-state index contributed by atoms with van der Waals surface area (Å²) in [5.41, 5.74) is 10.7. The molecule has 9 N–H and O–H groups in total. The number of thioether (sulfide) groups is 4. The maximum absolute atomic E-state index is 13.0. The Bertz CT molecular complexity index is 3710.